The van der Waals surface area contributed by atoms with E-state index in [1.54, 1.807) is 12.3 Å². The summed E-state index contributed by atoms with van der Waals surface area (Å²) in [4.78, 5) is 16.0. The van der Waals surface area contributed by atoms with Crippen LogP contribution < -0.4 is 5.32 Å². The van der Waals surface area contributed by atoms with Crippen LogP contribution in [0.1, 0.15) is 42.2 Å². The maximum atomic E-state index is 11.9. The highest BCUT2D eigenvalue weighted by molar-refractivity contribution is 6.33. The molecule has 1 saturated carbocycles. The van der Waals surface area contributed by atoms with Gasteiger partial charge in [0.05, 0.1) is 10.6 Å². The highest BCUT2D eigenvalue weighted by atomic mass is 35.5. The Hall–Kier alpha value is -1.09. The molecule has 2 atom stereocenters. The van der Waals surface area contributed by atoms with E-state index in [0.29, 0.717) is 22.5 Å². The second-order valence-electron chi connectivity index (χ2n) is 4.67. The zero-order chi connectivity index (χ0) is 12.4. The SMILES string of the molecule is CCCC1CC1NC(=O)c1cnc(C)cc1Cl. The van der Waals surface area contributed by atoms with Crippen molar-refractivity contribution in [2.24, 2.45) is 5.92 Å². The fraction of sp³-hybridized carbons (Fsp3) is 0.538. The second kappa shape index (κ2) is 5.05. The number of hydrogen-bond donors (Lipinski definition) is 1. The van der Waals surface area contributed by atoms with Crippen LogP contribution in [0.2, 0.25) is 5.02 Å². The van der Waals surface area contributed by atoms with E-state index >= 15 is 0 Å². The Kier molecular flexibility index (Phi) is 3.67. The van der Waals surface area contributed by atoms with Gasteiger partial charge in [0.25, 0.3) is 5.91 Å². The normalized spacial score (nSPS) is 22.3. The lowest BCUT2D eigenvalue weighted by Gasteiger charge is -2.06. The summed E-state index contributed by atoms with van der Waals surface area (Å²) < 4.78 is 0. The van der Waals surface area contributed by atoms with Crippen molar-refractivity contribution in [2.75, 3.05) is 0 Å². The monoisotopic (exact) mass is 252 g/mol. The van der Waals surface area contributed by atoms with Crippen LogP contribution in [-0.2, 0) is 0 Å². The smallest absolute Gasteiger partial charge is 0.254 e. The summed E-state index contributed by atoms with van der Waals surface area (Å²) in [6, 6.07) is 2.05. The van der Waals surface area contributed by atoms with Gasteiger partial charge in [0, 0.05) is 17.9 Å². The zero-order valence-corrected chi connectivity index (χ0v) is 10.9. The number of carbonyl (C=O) groups excluding carboxylic acids is 1. The van der Waals surface area contributed by atoms with Crippen LogP contribution in [0.25, 0.3) is 0 Å². The Labute approximate surface area is 107 Å². The molecule has 2 unspecified atom stereocenters. The van der Waals surface area contributed by atoms with Gasteiger partial charge in [0.1, 0.15) is 0 Å². The van der Waals surface area contributed by atoms with E-state index in [4.69, 9.17) is 11.6 Å². The van der Waals surface area contributed by atoms with Crippen LogP contribution in [0.5, 0.6) is 0 Å². The number of pyridine rings is 1. The number of hydrogen-bond acceptors (Lipinski definition) is 2. The van der Waals surface area contributed by atoms with E-state index in [9.17, 15) is 4.79 Å². The summed E-state index contributed by atoms with van der Waals surface area (Å²) >= 11 is 6.02. The predicted octanol–water partition coefficient (Wildman–Crippen LogP) is 2.96. The minimum Gasteiger partial charge on any atom is -0.349 e. The summed E-state index contributed by atoms with van der Waals surface area (Å²) in [5, 5.41) is 3.48. The summed E-state index contributed by atoms with van der Waals surface area (Å²) in [5.41, 5.74) is 1.29. The second-order valence-corrected chi connectivity index (χ2v) is 5.08. The van der Waals surface area contributed by atoms with Crippen molar-refractivity contribution in [3.63, 3.8) is 0 Å². The average Bonchev–Trinajstić information content (AvgIpc) is 2.96. The molecule has 0 saturated heterocycles. The van der Waals surface area contributed by atoms with Crippen LogP contribution in [0, 0.1) is 12.8 Å². The molecule has 2 rings (SSSR count). The number of aromatic nitrogens is 1. The van der Waals surface area contributed by atoms with E-state index in [-0.39, 0.29) is 5.91 Å². The van der Waals surface area contributed by atoms with Crippen LogP contribution >= 0.6 is 11.6 Å². The molecule has 0 bridgehead atoms. The fourth-order valence-electron chi connectivity index (χ4n) is 2.05. The summed E-state index contributed by atoms with van der Waals surface area (Å²) in [6.07, 6.45) is 5.00. The van der Waals surface area contributed by atoms with Gasteiger partial charge in [-0.05, 0) is 31.7 Å². The minimum atomic E-state index is -0.105. The molecule has 0 radical (unpaired) electrons. The molecule has 1 N–H and O–H groups in total. The van der Waals surface area contributed by atoms with Gasteiger partial charge in [-0.3, -0.25) is 9.78 Å². The first-order chi connectivity index (χ1) is 8.11. The molecule has 1 aromatic rings. The lowest BCUT2D eigenvalue weighted by Crippen LogP contribution is -2.27. The molecule has 1 heterocycles. The molecule has 1 aliphatic rings. The zero-order valence-electron chi connectivity index (χ0n) is 10.2. The number of nitrogens with zero attached hydrogens (tertiary/aromatic N) is 1. The molecule has 92 valence electrons. The number of halogens is 1. The van der Waals surface area contributed by atoms with Gasteiger partial charge in [-0.15, -0.1) is 0 Å². The van der Waals surface area contributed by atoms with Gasteiger partial charge in [-0.1, -0.05) is 24.9 Å². The van der Waals surface area contributed by atoms with Crippen molar-refractivity contribution in [1.29, 1.82) is 0 Å². The first kappa shape index (κ1) is 12.4. The van der Waals surface area contributed by atoms with Crippen molar-refractivity contribution in [2.45, 2.75) is 39.2 Å². The number of carbonyl (C=O) groups is 1. The van der Waals surface area contributed by atoms with Crippen molar-refractivity contribution >= 4 is 17.5 Å². The third kappa shape index (κ3) is 2.97. The number of aryl methyl sites for hydroxylation is 1. The highest BCUT2D eigenvalue weighted by Crippen LogP contribution is 2.34. The van der Waals surface area contributed by atoms with Crippen LogP contribution in [0.3, 0.4) is 0 Å². The molecule has 3 nitrogen and oxygen atoms in total. The van der Waals surface area contributed by atoms with Crippen LogP contribution in [0.4, 0.5) is 0 Å². The van der Waals surface area contributed by atoms with Crippen molar-refractivity contribution in [1.82, 2.24) is 10.3 Å². The van der Waals surface area contributed by atoms with Crippen molar-refractivity contribution in [3.05, 3.63) is 28.5 Å². The molecular weight excluding hydrogens is 236 g/mol. The topological polar surface area (TPSA) is 42.0 Å². The molecule has 1 aliphatic carbocycles. The molecule has 17 heavy (non-hydrogen) atoms. The van der Waals surface area contributed by atoms with Gasteiger partial charge >= 0.3 is 0 Å². The van der Waals surface area contributed by atoms with Gasteiger partial charge in [0.15, 0.2) is 0 Å². The Morgan fingerprint density at radius 2 is 2.41 bits per heavy atom. The standard InChI is InChI=1S/C13H17ClN2O/c1-3-4-9-6-12(9)16-13(17)10-7-15-8(2)5-11(10)14/h5,7,9,12H,3-4,6H2,1-2H3,(H,16,17). The molecule has 1 amide bonds. The summed E-state index contributed by atoms with van der Waals surface area (Å²) in [6.45, 7) is 4.02. The van der Waals surface area contributed by atoms with E-state index in [1.165, 1.54) is 12.8 Å². The average molecular weight is 253 g/mol. The molecule has 1 fully saturated rings. The summed E-state index contributed by atoms with van der Waals surface area (Å²) in [5.74, 6) is 0.548. The molecule has 0 spiro atoms. The highest BCUT2D eigenvalue weighted by Gasteiger charge is 2.37. The number of rotatable bonds is 4. The van der Waals surface area contributed by atoms with E-state index in [0.717, 1.165) is 12.1 Å². The minimum absolute atomic E-state index is 0.105. The molecule has 0 aromatic carbocycles. The van der Waals surface area contributed by atoms with Gasteiger partial charge < -0.3 is 5.32 Å². The van der Waals surface area contributed by atoms with Gasteiger partial charge in [-0.25, -0.2) is 0 Å². The lowest BCUT2D eigenvalue weighted by molar-refractivity contribution is 0.0948. The number of amides is 1. The summed E-state index contributed by atoms with van der Waals surface area (Å²) in [7, 11) is 0. The third-order valence-corrected chi connectivity index (χ3v) is 3.45. The Balaban J connectivity index is 1.96. The Bertz CT molecular complexity index is 433. The molecular formula is C13H17ClN2O. The quantitative estimate of drug-likeness (QED) is 0.895. The lowest BCUT2D eigenvalue weighted by atomic mass is 10.2. The van der Waals surface area contributed by atoms with Gasteiger partial charge in [0.2, 0.25) is 0 Å². The maximum absolute atomic E-state index is 11.9. The number of nitrogens with one attached hydrogen (secondary N) is 1. The predicted molar refractivity (Wildman–Crippen MR) is 68.3 cm³/mol. The molecule has 1 aromatic heterocycles. The van der Waals surface area contributed by atoms with E-state index < -0.39 is 0 Å². The first-order valence-corrected chi connectivity index (χ1v) is 6.42. The largest absolute Gasteiger partial charge is 0.349 e. The van der Waals surface area contributed by atoms with Crippen molar-refractivity contribution in [3.8, 4) is 0 Å². The van der Waals surface area contributed by atoms with Gasteiger partial charge in [-0.2, -0.15) is 0 Å². The van der Waals surface area contributed by atoms with E-state index in [1.807, 2.05) is 6.92 Å². The van der Waals surface area contributed by atoms with E-state index in [2.05, 4.69) is 17.2 Å². The van der Waals surface area contributed by atoms with Crippen LogP contribution in [-0.4, -0.2) is 16.9 Å². The first-order valence-electron chi connectivity index (χ1n) is 6.04. The fourth-order valence-corrected chi connectivity index (χ4v) is 2.35. The molecule has 0 aliphatic heterocycles. The maximum Gasteiger partial charge on any atom is 0.254 e. The molecule has 4 heteroatoms. The van der Waals surface area contributed by atoms with Crippen molar-refractivity contribution < 1.29 is 4.79 Å². The third-order valence-electron chi connectivity index (χ3n) is 3.13. The Morgan fingerprint density at radius 3 is 3.06 bits per heavy atom. The van der Waals surface area contributed by atoms with Crippen LogP contribution in [0.15, 0.2) is 12.3 Å². The Morgan fingerprint density at radius 1 is 1.65 bits per heavy atom.